The van der Waals surface area contributed by atoms with Crippen molar-refractivity contribution < 1.29 is 9.53 Å². The third kappa shape index (κ3) is 3.24. The van der Waals surface area contributed by atoms with Gasteiger partial charge in [0.2, 0.25) is 5.91 Å². The summed E-state index contributed by atoms with van der Waals surface area (Å²) in [5.74, 6) is 0.564. The Labute approximate surface area is 133 Å². The van der Waals surface area contributed by atoms with Crippen LogP contribution in [0.1, 0.15) is 25.8 Å². The summed E-state index contributed by atoms with van der Waals surface area (Å²) >= 11 is 1.42. The number of ether oxygens (including phenoxy) is 1. The Kier molecular flexibility index (Phi) is 4.33. The quantitative estimate of drug-likeness (QED) is 0.829. The molecule has 6 nitrogen and oxygen atoms in total. The maximum Gasteiger partial charge on any atom is 0.237 e. The van der Waals surface area contributed by atoms with Gasteiger partial charge in [-0.05, 0) is 31.9 Å². The molecule has 1 aromatic heterocycles. The zero-order valence-corrected chi connectivity index (χ0v) is 13.3. The number of carbonyl (C=O) groups excluding carboxylic acids is 1. The van der Waals surface area contributed by atoms with Gasteiger partial charge in [0.15, 0.2) is 5.16 Å². The molecule has 1 fully saturated rings. The smallest absolute Gasteiger partial charge is 0.237 e. The first kappa shape index (κ1) is 14.9. The highest BCUT2D eigenvalue weighted by atomic mass is 32.2. The van der Waals surface area contributed by atoms with Gasteiger partial charge in [-0.15, -0.1) is 10.2 Å². The summed E-state index contributed by atoms with van der Waals surface area (Å²) in [5.41, 5.74) is 0.672. The molecule has 2 aromatic rings. The van der Waals surface area contributed by atoms with Gasteiger partial charge >= 0.3 is 0 Å². The van der Waals surface area contributed by atoms with E-state index in [1.165, 1.54) is 11.8 Å². The Morgan fingerprint density at radius 1 is 1.45 bits per heavy atom. The predicted molar refractivity (Wildman–Crippen MR) is 85.2 cm³/mol. The first-order chi connectivity index (χ1) is 10.7. The molecule has 0 spiro atoms. The molecule has 0 bridgehead atoms. The van der Waals surface area contributed by atoms with Gasteiger partial charge < -0.3 is 14.6 Å². The van der Waals surface area contributed by atoms with E-state index in [0.29, 0.717) is 17.5 Å². The largest absolute Gasteiger partial charge is 0.495 e. The third-order valence-electron chi connectivity index (χ3n) is 3.50. The van der Waals surface area contributed by atoms with Crippen LogP contribution < -0.4 is 10.1 Å². The molecule has 0 radical (unpaired) electrons. The summed E-state index contributed by atoms with van der Waals surface area (Å²) in [7, 11) is 1.58. The van der Waals surface area contributed by atoms with Crippen LogP contribution in [0.3, 0.4) is 0 Å². The number of thioether (sulfide) groups is 1. The molecule has 7 heteroatoms. The van der Waals surface area contributed by atoms with Crippen molar-refractivity contribution in [3.05, 3.63) is 30.6 Å². The Hall–Kier alpha value is -2.02. The number of para-hydroxylation sites is 2. The van der Waals surface area contributed by atoms with Gasteiger partial charge in [-0.1, -0.05) is 23.9 Å². The Bertz CT molecular complexity index is 669. The van der Waals surface area contributed by atoms with Gasteiger partial charge in [-0.2, -0.15) is 0 Å². The van der Waals surface area contributed by atoms with Crippen molar-refractivity contribution in [2.45, 2.75) is 36.2 Å². The number of hydrogen-bond acceptors (Lipinski definition) is 5. The van der Waals surface area contributed by atoms with Crippen LogP contribution in [0.4, 0.5) is 5.69 Å². The number of anilines is 1. The second-order valence-electron chi connectivity index (χ2n) is 5.20. The molecule has 1 aromatic carbocycles. The van der Waals surface area contributed by atoms with Crippen LogP contribution >= 0.6 is 11.8 Å². The van der Waals surface area contributed by atoms with Gasteiger partial charge in [0, 0.05) is 6.04 Å². The molecule has 1 amide bonds. The lowest BCUT2D eigenvalue weighted by atomic mass is 10.3. The van der Waals surface area contributed by atoms with Gasteiger partial charge in [0.25, 0.3) is 0 Å². The monoisotopic (exact) mass is 318 g/mol. The SMILES string of the molecule is COc1ccccc1NC(=O)[C@@H](C)Sc1nncn1C1CC1. The molecule has 0 unspecified atom stereocenters. The van der Waals surface area contributed by atoms with E-state index in [2.05, 4.69) is 20.1 Å². The van der Waals surface area contributed by atoms with E-state index in [4.69, 9.17) is 4.74 Å². The summed E-state index contributed by atoms with van der Waals surface area (Å²) in [6, 6.07) is 7.87. The van der Waals surface area contributed by atoms with Crippen molar-refractivity contribution in [1.29, 1.82) is 0 Å². The minimum Gasteiger partial charge on any atom is -0.495 e. The van der Waals surface area contributed by atoms with E-state index in [0.717, 1.165) is 18.0 Å². The summed E-state index contributed by atoms with van der Waals surface area (Å²) in [6.45, 7) is 1.86. The van der Waals surface area contributed by atoms with Crippen LogP contribution in [0.5, 0.6) is 5.75 Å². The van der Waals surface area contributed by atoms with Crippen LogP contribution in [0.2, 0.25) is 0 Å². The summed E-state index contributed by atoms with van der Waals surface area (Å²) < 4.78 is 7.30. The van der Waals surface area contributed by atoms with Crippen LogP contribution in [-0.4, -0.2) is 33.0 Å². The number of amides is 1. The molecular weight excluding hydrogens is 300 g/mol. The lowest BCUT2D eigenvalue weighted by Gasteiger charge is -2.14. The molecule has 1 aliphatic carbocycles. The zero-order valence-electron chi connectivity index (χ0n) is 12.5. The summed E-state index contributed by atoms with van der Waals surface area (Å²) in [4.78, 5) is 12.4. The highest BCUT2D eigenvalue weighted by Crippen LogP contribution is 2.38. The first-order valence-corrected chi connectivity index (χ1v) is 8.07. The molecule has 22 heavy (non-hydrogen) atoms. The maximum absolute atomic E-state index is 12.4. The van der Waals surface area contributed by atoms with Crippen LogP contribution in [0.15, 0.2) is 35.7 Å². The molecular formula is C15H18N4O2S. The molecule has 1 aliphatic rings. The van der Waals surface area contributed by atoms with E-state index in [1.54, 1.807) is 13.4 Å². The van der Waals surface area contributed by atoms with Crippen molar-refractivity contribution in [2.75, 3.05) is 12.4 Å². The van der Waals surface area contributed by atoms with E-state index < -0.39 is 0 Å². The zero-order chi connectivity index (χ0) is 15.5. The van der Waals surface area contributed by atoms with Gasteiger partial charge in [0.1, 0.15) is 12.1 Å². The molecule has 0 saturated heterocycles. The second-order valence-corrected chi connectivity index (χ2v) is 6.51. The number of benzene rings is 1. The lowest BCUT2D eigenvalue weighted by molar-refractivity contribution is -0.115. The van der Waals surface area contributed by atoms with E-state index in [-0.39, 0.29) is 11.2 Å². The van der Waals surface area contributed by atoms with E-state index in [9.17, 15) is 4.79 Å². The topological polar surface area (TPSA) is 69.0 Å². The minimum absolute atomic E-state index is 0.0835. The first-order valence-electron chi connectivity index (χ1n) is 7.19. The molecule has 3 rings (SSSR count). The van der Waals surface area contributed by atoms with Crippen LogP contribution in [0.25, 0.3) is 0 Å². The number of methoxy groups -OCH3 is 1. The van der Waals surface area contributed by atoms with Crippen molar-refractivity contribution in [3.63, 3.8) is 0 Å². The van der Waals surface area contributed by atoms with Gasteiger partial charge in [-0.25, -0.2) is 0 Å². The minimum atomic E-state index is -0.272. The van der Waals surface area contributed by atoms with Crippen molar-refractivity contribution in [1.82, 2.24) is 14.8 Å². The fourth-order valence-corrected chi connectivity index (χ4v) is 3.01. The van der Waals surface area contributed by atoms with Gasteiger partial charge in [-0.3, -0.25) is 4.79 Å². The van der Waals surface area contributed by atoms with Crippen molar-refractivity contribution in [3.8, 4) is 5.75 Å². The average Bonchev–Trinajstić information content (AvgIpc) is 3.27. The van der Waals surface area contributed by atoms with Gasteiger partial charge in [0.05, 0.1) is 18.0 Å². The molecule has 0 aliphatic heterocycles. The van der Waals surface area contributed by atoms with E-state index >= 15 is 0 Å². The summed E-state index contributed by atoms with van der Waals surface area (Å²) in [6.07, 6.45) is 4.06. The fourth-order valence-electron chi connectivity index (χ4n) is 2.11. The molecule has 116 valence electrons. The van der Waals surface area contributed by atoms with Crippen LogP contribution in [0, 0.1) is 0 Å². The normalized spacial score (nSPS) is 15.4. The predicted octanol–water partition coefficient (Wildman–Crippen LogP) is 2.74. The fraction of sp³-hybridized carbons (Fsp3) is 0.400. The Morgan fingerprint density at radius 2 is 2.23 bits per heavy atom. The number of rotatable bonds is 6. The van der Waals surface area contributed by atoms with E-state index in [1.807, 2.05) is 31.2 Å². The van der Waals surface area contributed by atoms with Crippen LogP contribution in [-0.2, 0) is 4.79 Å². The Morgan fingerprint density at radius 3 is 2.95 bits per heavy atom. The Balaban J connectivity index is 1.65. The average molecular weight is 318 g/mol. The number of carbonyl (C=O) groups is 1. The highest BCUT2D eigenvalue weighted by molar-refractivity contribution is 8.00. The molecule has 1 heterocycles. The lowest BCUT2D eigenvalue weighted by Crippen LogP contribution is -2.23. The third-order valence-corrected chi connectivity index (χ3v) is 4.57. The highest BCUT2D eigenvalue weighted by Gasteiger charge is 2.28. The molecule has 1 atom stereocenters. The number of nitrogens with one attached hydrogen (secondary N) is 1. The summed E-state index contributed by atoms with van der Waals surface area (Å²) in [5, 5.41) is 11.5. The van der Waals surface area contributed by atoms with Crippen molar-refractivity contribution in [2.24, 2.45) is 0 Å². The number of aromatic nitrogens is 3. The number of nitrogens with zero attached hydrogens (tertiary/aromatic N) is 3. The molecule has 1 saturated carbocycles. The second kappa shape index (κ2) is 6.39. The standard InChI is InChI=1S/C15H18N4O2S/c1-10(22-15-18-16-9-19(15)11-7-8-11)14(20)17-12-5-3-4-6-13(12)21-2/h3-6,9-11H,7-8H2,1-2H3,(H,17,20)/t10-/m1/s1. The van der Waals surface area contributed by atoms with Crippen molar-refractivity contribution >= 4 is 23.4 Å². The number of hydrogen-bond donors (Lipinski definition) is 1. The molecule has 1 N–H and O–H groups in total. The maximum atomic E-state index is 12.4.